The average Bonchev–Trinajstić information content (AvgIpc) is 2.16. The lowest BCUT2D eigenvalue weighted by Gasteiger charge is -2.04. The molecular weight excluding hydrogens is 188 g/mol. The van der Waals surface area contributed by atoms with Gasteiger partial charge in [0.25, 0.3) is 5.91 Å². The number of hydrogen-bond acceptors (Lipinski definition) is 2. The van der Waals surface area contributed by atoms with Crippen molar-refractivity contribution in [1.29, 1.82) is 0 Å². The molecule has 13 heavy (non-hydrogen) atoms. The summed E-state index contributed by atoms with van der Waals surface area (Å²) in [5.74, 6) is -0.0870. The van der Waals surface area contributed by atoms with Gasteiger partial charge in [-0.2, -0.15) is 0 Å². The van der Waals surface area contributed by atoms with Crippen molar-refractivity contribution < 1.29 is 4.79 Å². The van der Waals surface area contributed by atoms with Crippen molar-refractivity contribution in [1.82, 2.24) is 5.32 Å². The molecule has 0 aliphatic heterocycles. The van der Waals surface area contributed by atoms with Gasteiger partial charge in [-0.1, -0.05) is 18.2 Å². The number of carbonyl (C=O) groups is 1. The van der Waals surface area contributed by atoms with Crippen LogP contribution in [-0.2, 0) is 6.54 Å². The second kappa shape index (κ2) is 5.56. The van der Waals surface area contributed by atoms with Gasteiger partial charge in [0.2, 0.25) is 0 Å². The molecule has 4 heteroatoms. The summed E-state index contributed by atoms with van der Waals surface area (Å²) < 4.78 is 0. The summed E-state index contributed by atoms with van der Waals surface area (Å²) in [6.07, 6.45) is 0. The smallest absolute Gasteiger partial charge is 0.251 e. The lowest BCUT2D eigenvalue weighted by molar-refractivity contribution is 0.0962. The summed E-state index contributed by atoms with van der Waals surface area (Å²) >= 11 is 0. The van der Waals surface area contributed by atoms with Crippen LogP contribution in [0.25, 0.3) is 0 Å². The molecule has 0 aromatic heterocycles. The van der Waals surface area contributed by atoms with Crippen molar-refractivity contribution in [3.63, 3.8) is 0 Å². The fourth-order valence-electron chi connectivity index (χ4n) is 1.05. The third-order valence-electron chi connectivity index (χ3n) is 1.71. The minimum Gasteiger partial charge on any atom is -0.355 e. The average molecular weight is 201 g/mol. The highest BCUT2D eigenvalue weighted by molar-refractivity contribution is 5.95. The molecule has 3 N–H and O–H groups in total. The zero-order chi connectivity index (χ0) is 8.97. The molecule has 0 bridgehead atoms. The molecule has 1 aromatic rings. The van der Waals surface area contributed by atoms with E-state index in [-0.39, 0.29) is 18.3 Å². The lowest BCUT2D eigenvalue weighted by Crippen LogP contribution is -2.20. The maximum absolute atomic E-state index is 11.2. The van der Waals surface area contributed by atoms with Gasteiger partial charge in [0.15, 0.2) is 0 Å². The van der Waals surface area contributed by atoms with E-state index >= 15 is 0 Å². The van der Waals surface area contributed by atoms with E-state index in [4.69, 9.17) is 5.73 Å². The number of benzene rings is 1. The van der Waals surface area contributed by atoms with E-state index in [0.717, 1.165) is 5.56 Å². The fourth-order valence-corrected chi connectivity index (χ4v) is 1.05. The summed E-state index contributed by atoms with van der Waals surface area (Å²) in [5, 5.41) is 2.56. The summed E-state index contributed by atoms with van der Waals surface area (Å²) in [4.78, 5) is 11.2. The van der Waals surface area contributed by atoms with Crippen LogP contribution in [0.2, 0.25) is 0 Å². The molecule has 3 nitrogen and oxygen atoms in total. The molecule has 1 aromatic carbocycles. The molecule has 0 unspecified atom stereocenters. The molecule has 0 aliphatic carbocycles. The maximum Gasteiger partial charge on any atom is 0.251 e. The number of nitrogens with one attached hydrogen (secondary N) is 1. The molecule has 0 heterocycles. The number of carbonyl (C=O) groups excluding carboxylic acids is 1. The Morgan fingerprint density at radius 3 is 2.62 bits per heavy atom. The van der Waals surface area contributed by atoms with Crippen LogP contribution in [0.5, 0.6) is 0 Å². The van der Waals surface area contributed by atoms with E-state index in [0.29, 0.717) is 12.1 Å². The third-order valence-corrected chi connectivity index (χ3v) is 1.71. The number of halogens is 1. The minimum absolute atomic E-state index is 0. The van der Waals surface area contributed by atoms with Crippen LogP contribution in [0.1, 0.15) is 15.9 Å². The molecule has 0 radical (unpaired) electrons. The van der Waals surface area contributed by atoms with E-state index in [2.05, 4.69) is 5.32 Å². The SMILES string of the molecule is CNC(=O)c1ccccc1CN.Cl. The van der Waals surface area contributed by atoms with Crippen LogP contribution in [0.15, 0.2) is 24.3 Å². The number of hydrogen-bond donors (Lipinski definition) is 2. The number of rotatable bonds is 2. The van der Waals surface area contributed by atoms with Crippen LogP contribution < -0.4 is 11.1 Å². The van der Waals surface area contributed by atoms with Gasteiger partial charge in [-0.05, 0) is 11.6 Å². The topological polar surface area (TPSA) is 55.1 Å². The Bertz CT molecular complexity index is 289. The Labute approximate surface area is 83.7 Å². The van der Waals surface area contributed by atoms with Crippen molar-refractivity contribution in [2.75, 3.05) is 7.05 Å². The Morgan fingerprint density at radius 2 is 2.08 bits per heavy atom. The second-order valence-corrected chi connectivity index (χ2v) is 2.44. The molecular formula is C9H13ClN2O. The highest BCUT2D eigenvalue weighted by atomic mass is 35.5. The standard InChI is InChI=1S/C9H12N2O.ClH/c1-11-9(12)8-5-3-2-4-7(8)6-10;/h2-5H,6,10H2,1H3,(H,11,12);1H. The Morgan fingerprint density at radius 1 is 1.46 bits per heavy atom. The van der Waals surface area contributed by atoms with Crippen LogP contribution in [0.4, 0.5) is 0 Å². The van der Waals surface area contributed by atoms with E-state index in [9.17, 15) is 4.79 Å². The Kier molecular flexibility index (Phi) is 5.11. The molecule has 72 valence electrons. The predicted molar refractivity (Wildman–Crippen MR) is 55.0 cm³/mol. The van der Waals surface area contributed by atoms with Crippen LogP contribution >= 0.6 is 12.4 Å². The first-order chi connectivity index (χ1) is 5.79. The third kappa shape index (κ3) is 2.72. The first kappa shape index (κ1) is 11.9. The van der Waals surface area contributed by atoms with Gasteiger partial charge in [0.05, 0.1) is 0 Å². The Balaban J connectivity index is 0.00000144. The van der Waals surface area contributed by atoms with Crippen molar-refractivity contribution >= 4 is 18.3 Å². The van der Waals surface area contributed by atoms with Crippen molar-refractivity contribution in [3.05, 3.63) is 35.4 Å². The normalized spacial score (nSPS) is 8.77. The van der Waals surface area contributed by atoms with E-state index in [1.54, 1.807) is 13.1 Å². The van der Waals surface area contributed by atoms with Crippen molar-refractivity contribution in [2.24, 2.45) is 5.73 Å². The highest BCUT2D eigenvalue weighted by Crippen LogP contribution is 2.06. The second-order valence-electron chi connectivity index (χ2n) is 2.44. The van der Waals surface area contributed by atoms with Crippen LogP contribution in [-0.4, -0.2) is 13.0 Å². The lowest BCUT2D eigenvalue weighted by atomic mass is 10.1. The minimum atomic E-state index is -0.0870. The maximum atomic E-state index is 11.2. The van der Waals surface area contributed by atoms with E-state index in [1.165, 1.54) is 0 Å². The molecule has 1 amide bonds. The van der Waals surface area contributed by atoms with Crippen molar-refractivity contribution in [2.45, 2.75) is 6.54 Å². The fraction of sp³-hybridized carbons (Fsp3) is 0.222. The van der Waals surface area contributed by atoms with Gasteiger partial charge >= 0.3 is 0 Å². The van der Waals surface area contributed by atoms with Crippen LogP contribution in [0.3, 0.4) is 0 Å². The highest BCUT2D eigenvalue weighted by Gasteiger charge is 2.06. The Hall–Kier alpha value is -1.06. The molecule has 0 fully saturated rings. The molecule has 1 rings (SSSR count). The van der Waals surface area contributed by atoms with Gasteiger partial charge < -0.3 is 11.1 Å². The van der Waals surface area contributed by atoms with Gasteiger partial charge in [-0.3, -0.25) is 4.79 Å². The number of nitrogens with two attached hydrogens (primary N) is 1. The number of amides is 1. The summed E-state index contributed by atoms with van der Waals surface area (Å²) in [6, 6.07) is 7.31. The van der Waals surface area contributed by atoms with Crippen LogP contribution in [0, 0.1) is 0 Å². The molecule has 0 atom stereocenters. The first-order valence-corrected chi connectivity index (χ1v) is 3.79. The van der Waals surface area contributed by atoms with Crippen molar-refractivity contribution in [3.8, 4) is 0 Å². The molecule has 0 spiro atoms. The first-order valence-electron chi connectivity index (χ1n) is 3.79. The largest absolute Gasteiger partial charge is 0.355 e. The zero-order valence-electron chi connectivity index (χ0n) is 7.41. The summed E-state index contributed by atoms with van der Waals surface area (Å²) in [7, 11) is 1.61. The predicted octanol–water partition coefficient (Wildman–Crippen LogP) is 0.927. The molecule has 0 saturated carbocycles. The van der Waals surface area contributed by atoms with Gasteiger partial charge in [0.1, 0.15) is 0 Å². The zero-order valence-corrected chi connectivity index (χ0v) is 8.23. The van der Waals surface area contributed by atoms with E-state index < -0.39 is 0 Å². The monoisotopic (exact) mass is 200 g/mol. The molecule has 0 aliphatic rings. The van der Waals surface area contributed by atoms with E-state index in [1.807, 2.05) is 18.2 Å². The summed E-state index contributed by atoms with van der Waals surface area (Å²) in [6.45, 7) is 0.392. The molecule has 0 saturated heterocycles. The van der Waals surface area contributed by atoms with Gasteiger partial charge in [0, 0.05) is 19.2 Å². The van der Waals surface area contributed by atoms with Gasteiger partial charge in [-0.15, -0.1) is 12.4 Å². The van der Waals surface area contributed by atoms with Gasteiger partial charge in [-0.25, -0.2) is 0 Å². The summed E-state index contributed by atoms with van der Waals surface area (Å²) in [5.41, 5.74) is 6.99. The quantitative estimate of drug-likeness (QED) is 0.746.